The zero-order valence-electron chi connectivity index (χ0n) is 11.0. The summed E-state index contributed by atoms with van der Waals surface area (Å²) in [4.78, 5) is 0. The Morgan fingerprint density at radius 2 is 1.76 bits per heavy atom. The van der Waals surface area contributed by atoms with E-state index in [4.69, 9.17) is 29.0 Å². The molecule has 0 aliphatic rings. The summed E-state index contributed by atoms with van der Waals surface area (Å²) in [7, 11) is 0. The predicted octanol–water partition coefficient (Wildman–Crippen LogP) is 3.89. The zero-order chi connectivity index (χ0) is 15.4. The fourth-order valence-corrected chi connectivity index (χ4v) is 2.54. The quantitative estimate of drug-likeness (QED) is 0.644. The van der Waals surface area contributed by atoms with Crippen LogP contribution in [0.25, 0.3) is 0 Å². The Morgan fingerprint density at radius 1 is 1.00 bits per heavy atom. The predicted molar refractivity (Wildman–Crippen MR) is 81.3 cm³/mol. The van der Waals surface area contributed by atoms with Gasteiger partial charge < -0.3 is 0 Å². The number of halogens is 4. The Morgan fingerprint density at radius 3 is 2.38 bits per heavy atom. The molecule has 0 heterocycles. The van der Waals surface area contributed by atoms with Gasteiger partial charge in [-0.1, -0.05) is 35.3 Å². The third-order valence-corrected chi connectivity index (χ3v) is 3.82. The molecule has 2 nitrogen and oxygen atoms in total. The Balaban J connectivity index is 2.10. The molecule has 6 heteroatoms. The lowest BCUT2D eigenvalue weighted by Crippen LogP contribution is -2.38. The van der Waals surface area contributed by atoms with Crippen LogP contribution in [0.1, 0.15) is 11.1 Å². The molecule has 1 unspecified atom stereocenters. The van der Waals surface area contributed by atoms with Crippen LogP contribution >= 0.6 is 23.2 Å². The first-order valence-electron chi connectivity index (χ1n) is 6.33. The van der Waals surface area contributed by atoms with E-state index < -0.39 is 5.82 Å². The highest BCUT2D eigenvalue weighted by Gasteiger charge is 2.13. The van der Waals surface area contributed by atoms with Gasteiger partial charge in [-0.05, 0) is 48.2 Å². The Labute approximate surface area is 131 Å². The van der Waals surface area contributed by atoms with Crippen molar-refractivity contribution in [2.75, 3.05) is 0 Å². The van der Waals surface area contributed by atoms with Gasteiger partial charge in [-0.3, -0.25) is 11.3 Å². The van der Waals surface area contributed by atoms with Crippen LogP contribution in [0.5, 0.6) is 0 Å². The topological polar surface area (TPSA) is 38.0 Å². The molecule has 0 spiro atoms. The molecule has 1 atom stereocenters. The van der Waals surface area contributed by atoms with E-state index in [1.165, 1.54) is 18.2 Å². The lowest BCUT2D eigenvalue weighted by molar-refractivity contribution is 0.521. The average Bonchev–Trinajstić information content (AvgIpc) is 2.44. The molecule has 2 aromatic carbocycles. The molecular weight excluding hydrogens is 317 g/mol. The van der Waals surface area contributed by atoms with E-state index in [9.17, 15) is 8.78 Å². The van der Waals surface area contributed by atoms with E-state index in [1.807, 2.05) is 0 Å². The normalized spacial score (nSPS) is 12.4. The number of benzene rings is 2. The summed E-state index contributed by atoms with van der Waals surface area (Å²) in [6.45, 7) is 0. The van der Waals surface area contributed by atoms with Crippen LogP contribution < -0.4 is 11.3 Å². The minimum absolute atomic E-state index is 0.0723. The van der Waals surface area contributed by atoms with Crippen molar-refractivity contribution >= 4 is 23.2 Å². The van der Waals surface area contributed by atoms with Gasteiger partial charge in [0.05, 0.1) is 5.02 Å². The molecule has 0 aromatic heterocycles. The molecule has 21 heavy (non-hydrogen) atoms. The SMILES string of the molecule is NNC(Cc1ccc(F)c(Cl)c1)Cc1ccc(F)cc1Cl. The van der Waals surface area contributed by atoms with Gasteiger partial charge in [-0.15, -0.1) is 0 Å². The highest BCUT2D eigenvalue weighted by atomic mass is 35.5. The van der Waals surface area contributed by atoms with Crippen molar-refractivity contribution in [3.8, 4) is 0 Å². The first-order chi connectivity index (χ1) is 9.99. The minimum Gasteiger partial charge on any atom is -0.271 e. The van der Waals surface area contributed by atoms with E-state index >= 15 is 0 Å². The summed E-state index contributed by atoms with van der Waals surface area (Å²) in [5.41, 5.74) is 4.32. The molecule has 0 amide bonds. The molecule has 112 valence electrons. The molecule has 0 bridgehead atoms. The summed E-state index contributed by atoms with van der Waals surface area (Å²) in [5.74, 6) is 4.70. The monoisotopic (exact) mass is 330 g/mol. The van der Waals surface area contributed by atoms with Crippen LogP contribution in [0, 0.1) is 11.6 Å². The highest BCUT2D eigenvalue weighted by molar-refractivity contribution is 6.31. The van der Waals surface area contributed by atoms with Crippen molar-refractivity contribution in [1.29, 1.82) is 0 Å². The minimum atomic E-state index is -0.459. The molecule has 0 aliphatic carbocycles. The van der Waals surface area contributed by atoms with Crippen molar-refractivity contribution in [2.24, 2.45) is 5.84 Å². The number of hydrogen-bond donors (Lipinski definition) is 2. The number of nitrogens with one attached hydrogen (secondary N) is 1. The van der Waals surface area contributed by atoms with Crippen LogP contribution in [0.4, 0.5) is 8.78 Å². The van der Waals surface area contributed by atoms with Crippen molar-refractivity contribution < 1.29 is 8.78 Å². The lowest BCUT2D eigenvalue weighted by atomic mass is 9.99. The molecule has 0 saturated heterocycles. The van der Waals surface area contributed by atoms with E-state index in [0.29, 0.717) is 17.9 Å². The molecule has 0 aliphatic heterocycles. The van der Waals surface area contributed by atoms with Gasteiger partial charge in [-0.2, -0.15) is 0 Å². The summed E-state index contributed by atoms with van der Waals surface area (Å²) >= 11 is 11.8. The molecule has 0 fully saturated rings. The Bertz CT molecular complexity index is 635. The van der Waals surface area contributed by atoms with Crippen LogP contribution in [0.2, 0.25) is 10.0 Å². The molecule has 2 rings (SSSR count). The van der Waals surface area contributed by atoms with Crippen LogP contribution in [0.3, 0.4) is 0 Å². The van der Waals surface area contributed by atoms with Crippen LogP contribution in [-0.2, 0) is 12.8 Å². The summed E-state index contributed by atoms with van der Waals surface area (Å²) in [6.07, 6.45) is 1.06. The van der Waals surface area contributed by atoms with Crippen molar-refractivity contribution in [1.82, 2.24) is 5.43 Å². The lowest BCUT2D eigenvalue weighted by Gasteiger charge is -2.17. The molecule has 0 radical (unpaired) electrons. The van der Waals surface area contributed by atoms with E-state index in [2.05, 4.69) is 5.43 Å². The van der Waals surface area contributed by atoms with E-state index in [-0.39, 0.29) is 16.9 Å². The van der Waals surface area contributed by atoms with Crippen LogP contribution in [0.15, 0.2) is 36.4 Å². The van der Waals surface area contributed by atoms with Gasteiger partial charge >= 0.3 is 0 Å². The maximum absolute atomic E-state index is 13.1. The number of hydrogen-bond acceptors (Lipinski definition) is 2. The Kier molecular flexibility index (Phi) is 5.53. The van der Waals surface area contributed by atoms with Gasteiger partial charge in [0, 0.05) is 11.1 Å². The van der Waals surface area contributed by atoms with Gasteiger partial charge in [-0.25, -0.2) is 8.78 Å². The Hall–Kier alpha value is -1.20. The second kappa shape index (κ2) is 7.18. The summed E-state index contributed by atoms with van der Waals surface area (Å²) in [5, 5.41) is 0.426. The van der Waals surface area contributed by atoms with Gasteiger partial charge in [0.25, 0.3) is 0 Å². The molecular formula is C15H14Cl2F2N2. The van der Waals surface area contributed by atoms with Crippen molar-refractivity contribution in [2.45, 2.75) is 18.9 Å². The molecule has 3 N–H and O–H groups in total. The second-order valence-corrected chi connectivity index (χ2v) is 5.57. The van der Waals surface area contributed by atoms with E-state index in [1.54, 1.807) is 18.2 Å². The number of rotatable bonds is 5. The summed E-state index contributed by atoms with van der Waals surface area (Å²) < 4.78 is 26.2. The third-order valence-electron chi connectivity index (χ3n) is 3.18. The second-order valence-electron chi connectivity index (χ2n) is 4.76. The van der Waals surface area contributed by atoms with Crippen molar-refractivity contribution in [3.63, 3.8) is 0 Å². The number of nitrogens with two attached hydrogens (primary N) is 1. The first-order valence-corrected chi connectivity index (χ1v) is 7.09. The first kappa shape index (κ1) is 16.2. The van der Waals surface area contributed by atoms with Gasteiger partial charge in [0.2, 0.25) is 0 Å². The summed E-state index contributed by atoms with van der Waals surface area (Å²) in [6, 6.07) is 8.64. The number of hydrazine groups is 1. The maximum Gasteiger partial charge on any atom is 0.141 e. The zero-order valence-corrected chi connectivity index (χ0v) is 12.6. The average molecular weight is 331 g/mol. The third kappa shape index (κ3) is 4.38. The molecule has 2 aromatic rings. The highest BCUT2D eigenvalue weighted by Crippen LogP contribution is 2.21. The van der Waals surface area contributed by atoms with Gasteiger partial charge in [0.15, 0.2) is 0 Å². The fraction of sp³-hybridized carbons (Fsp3) is 0.200. The van der Waals surface area contributed by atoms with Crippen molar-refractivity contribution in [3.05, 3.63) is 69.2 Å². The van der Waals surface area contributed by atoms with Crippen LogP contribution in [-0.4, -0.2) is 6.04 Å². The smallest absolute Gasteiger partial charge is 0.141 e. The maximum atomic E-state index is 13.1. The largest absolute Gasteiger partial charge is 0.271 e. The fourth-order valence-electron chi connectivity index (χ4n) is 2.09. The molecule has 0 saturated carbocycles. The van der Waals surface area contributed by atoms with E-state index in [0.717, 1.165) is 11.1 Å². The standard InChI is InChI=1S/C15H14Cl2F2N2/c16-13-8-11(18)3-2-10(13)7-12(21-20)5-9-1-4-15(19)14(17)6-9/h1-4,6,8,12,21H,5,7,20H2. The van der Waals surface area contributed by atoms with Gasteiger partial charge in [0.1, 0.15) is 11.6 Å².